The maximum Gasteiger partial charge on any atom is 0.0952 e. The zero-order valence-corrected chi connectivity index (χ0v) is 11.5. The standard InChI is InChI=1S/C15H21N3O/c1-12(10-19-2)18-11-17-9-15(18)14(16)8-13-6-4-3-5-7-13/h3-7,9,11-12,14H,8,10,16H2,1-2H3/t12?,14-/m1/s1. The molecule has 0 aliphatic heterocycles. The third-order valence-corrected chi connectivity index (χ3v) is 3.26. The average molecular weight is 259 g/mol. The topological polar surface area (TPSA) is 53.1 Å². The lowest BCUT2D eigenvalue weighted by Gasteiger charge is -2.19. The Hall–Kier alpha value is -1.65. The van der Waals surface area contributed by atoms with Crippen LogP contribution in [-0.2, 0) is 11.2 Å². The van der Waals surface area contributed by atoms with E-state index in [4.69, 9.17) is 10.5 Å². The number of aromatic nitrogens is 2. The molecule has 4 heteroatoms. The predicted molar refractivity (Wildman–Crippen MR) is 75.9 cm³/mol. The van der Waals surface area contributed by atoms with Crippen LogP contribution >= 0.6 is 0 Å². The van der Waals surface area contributed by atoms with Gasteiger partial charge in [0.15, 0.2) is 0 Å². The second kappa shape index (κ2) is 6.50. The van der Waals surface area contributed by atoms with Gasteiger partial charge in [-0.15, -0.1) is 0 Å². The van der Waals surface area contributed by atoms with Crippen molar-refractivity contribution >= 4 is 0 Å². The molecule has 0 saturated heterocycles. The van der Waals surface area contributed by atoms with Crippen LogP contribution in [-0.4, -0.2) is 23.3 Å². The van der Waals surface area contributed by atoms with Crippen molar-refractivity contribution in [3.8, 4) is 0 Å². The molecule has 4 nitrogen and oxygen atoms in total. The van der Waals surface area contributed by atoms with E-state index < -0.39 is 0 Å². The molecule has 0 fully saturated rings. The molecule has 1 heterocycles. The summed E-state index contributed by atoms with van der Waals surface area (Å²) in [4.78, 5) is 4.22. The lowest BCUT2D eigenvalue weighted by Crippen LogP contribution is -2.21. The first-order valence-corrected chi connectivity index (χ1v) is 6.52. The Morgan fingerprint density at radius 1 is 1.32 bits per heavy atom. The number of hydrogen-bond acceptors (Lipinski definition) is 3. The SMILES string of the molecule is COCC(C)n1cncc1[C@H](N)Cc1ccccc1. The zero-order chi connectivity index (χ0) is 13.7. The van der Waals surface area contributed by atoms with Gasteiger partial charge < -0.3 is 15.0 Å². The summed E-state index contributed by atoms with van der Waals surface area (Å²) in [5.41, 5.74) is 8.59. The van der Waals surface area contributed by atoms with Crippen LogP contribution in [0.5, 0.6) is 0 Å². The number of nitrogens with zero attached hydrogens (tertiary/aromatic N) is 2. The Morgan fingerprint density at radius 2 is 2.05 bits per heavy atom. The Morgan fingerprint density at radius 3 is 2.74 bits per heavy atom. The first-order chi connectivity index (χ1) is 9.22. The first-order valence-electron chi connectivity index (χ1n) is 6.52. The fourth-order valence-electron chi connectivity index (χ4n) is 2.26. The number of methoxy groups -OCH3 is 1. The summed E-state index contributed by atoms with van der Waals surface area (Å²) in [7, 11) is 1.71. The molecule has 0 spiro atoms. The van der Waals surface area contributed by atoms with Crippen molar-refractivity contribution in [2.45, 2.75) is 25.4 Å². The minimum atomic E-state index is -0.0517. The van der Waals surface area contributed by atoms with Gasteiger partial charge >= 0.3 is 0 Å². The van der Waals surface area contributed by atoms with Crippen molar-refractivity contribution < 1.29 is 4.74 Å². The van der Waals surface area contributed by atoms with Gasteiger partial charge in [0.2, 0.25) is 0 Å². The van der Waals surface area contributed by atoms with Gasteiger partial charge in [0, 0.05) is 13.3 Å². The van der Waals surface area contributed by atoms with Gasteiger partial charge in [0.05, 0.1) is 30.7 Å². The molecule has 0 bridgehead atoms. The molecule has 2 atom stereocenters. The molecule has 2 rings (SSSR count). The molecular weight excluding hydrogens is 238 g/mol. The van der Waals surface area contributed by atoms with Crippen LogP contribution in [0.4, 0.5) is 0 Å². The molecule has 0 saturated carbocycles. The molecule has 2 N–H and O–H groups in total. The smallest absolute Gasteiger partial charge is 0.0952 e. The number of rotatable bonds is 6. The molecule has 19 heavy (non-hydrogen) atoms. The van der Waals surface area contributed by atoms with E-state index in [1.54, 1.807) is 7.11 Å². The van der Waals surface area contributed by atoms with Gasteiger partial charge in [0.25, 0.3) is 0 Å². The number of hydrogen-bond donors (Lipinski definition) is 1. The molecule has 1 unspecified atom stereocenters. The second-order valence-electron chi connectivity index (χ2n) is 4.83. The van der Waals surface area contributed by atoms with E-state index in [1.807, 2.05) is 30.7 Å². The highest BCUT2D eigenvalue weighted by Crippen LogP contribution is 2.19. The number of imidazole rings is 1. The van der Waals surface area contributed by atoms with Crippen LogP contribution < -0.4 is 5.73 Å². The normalized spacial score (nSPS) is 14.3. The van der Waals surface area contributed by atoms with E-state index in [9.17, 15) is 0 Å². The van der Waals surface area contributed by atoms with Crippen molar-refractivity contribution in [3.05, 3.63) is 54.1 Å². The highest BCUT2D eigenvalue weighted by Gasteiger charge is 2.15. The van der Waals surface area contributed by atoms with Gasteiger partial charge in [-0.05, 0) is 18.9 Å². The molecule has 102 valence electrons. The lowest BCUT2D eigenvalue weighted by molar-refractivity contribution is 0.160. The van der Waals surface area contributed by atoms with Crippen molar-refractivity contribution in [1.29, 1.82) is 0 Å². The highest BCUT2D eigenvalue weighted by molar-refractivity contribution is 5.18. The molecule has 0 aliphatic rings. The maximum absolute atomic E-state index is 6.30. The molecule has 0 amide bonds. The average Bonchev–Trinajstić information content (AvgIpc) is 2.89. The highest BCUT2D eigenvalue weighted by atomic mass is 16.5. The van der Waals surface area contributed by atoms with Crippen LogP contribution in [0.1, 0.15) is 30.3 Å². The fraction of sp³-hybridized carbons (Fsp3) is 0.400. The van der Waals surface area contributed by atoms with Crippen LogP contribution in [0.25, 0.3) is 0 Å². The van der Waals surface area contributed by atoms with Crippen molar-refractivity contribution in [2.24, 2.45) is 5.73 Å². The Kier molecular flexibility index (Phi) is 4.71. The van der Waals surface area contributed by atoms with Gasteiger partial charge in [-0.1, -0.05) is 30.3 Å². The molecular formula is C15H21N3O. The zero-order valence-electron chi connectivity index (χ0n) is 11.5. The van der Waals surface area contributed by atoms with Gasteiger partial charge in [-0.2, -0.15) is 0 Å². The maximum atomic E-state index is 6.30. The minimum absolute atomic E-state index is 0.0517. The van der Waals surface area contributed by atoms with Crippen molar-refractivity contribution in [2.75, 3.05) is 13.7 Å². The Bertz CT molecular complexity index is 495. The number of benzene rings is 1. The molecule has 1 aromatic carbocycles. The molecule has 2 aromatic rings. The third-order valence-electron chi connectivity index (χ3n) is 3.26. The minimum Gasteiger partial charge on any atom is -0.383 e. The monoisotopic (exact) mass is 259 g/mol. The third kappa shape index (κ3) is 3.43. The van der Waals surface area contributed by atoms with E-state index in [0.717, 1.165) is 12.1 Å². The van der Waals surface area contributed by atoms with E-state index in [-0.39, 0.29) is 12.1 Å². The van der Waals surface area contributed by atoms with Crippen molar-refractivity contribution in [3.63, 3.8) is 0 Å². The van der Waals surface area contributed by atoms with Crippen LogP contribution in [0.3, 0.4) is 0 Å². The van der Waals surface area contributed by atoms with Crippen LogP contribution in [0.2, 0.25) is 0 Å². The number of ether oxygens (including phenoxy) is 1. The fourth-order valence-corrected chi connectivity index (χ4v) is 2.26. The molecule has 0 aliphatic carbocycles. The second-order valence-corrected chi connectivity index (χ2v) is 4.83. The summed E-state index contributed by atoms with van der Waals surface area (Å²) in [6.07, 6.45) is 4.48. The quantitative estimate of drug-likeness (QED) is 0.866. The van der Waals surface area contributed by atoms with Crippen LogP contribution in [0, 0.1) is 0 Å². The summed E-state index contributed by atoms with van der Waals surface area (Å²) >= 11 is 0. The summed E-state index contributed by atoms with van der Waals surface area (Å²) in [6, 6.07) is 10.5. The van der Waals surface area contributed by atoms with E-state index in [2.05, 4.69) is 28.6 Å². The van der Waals surface area contributed by atoms with E-state index in [1.165, 1.54) is 5.56 Å². The summed E-state index contributed by atoms with van der Waals surface area (Å²) in [5.74, 6) is 0. The molecule has 0 radical (unpaired) electrons. The predicted octanol–water partition coefficient (Wildman–Crippen LogP) is 2.33. The first kappa shape index (κ1) is 13.8. The largest absolute Gasteiger partial charge is 0.383 e. The summed E-state index contributed by atoms with van der Waals surface area (Å²) in [6.45, 7) is 2.76. The Balaban J connectivity index is 2.11. The van der Waals surface area contributed by atoms with Crippen molar-refractivity contribution in [1.82, 2.24) is 9.55 Å². The van der Waals surface area contributed by atoms with E-state index in [0.29, 0.717) is 6.61 Å². The number of nitrogens with two attached hydrogens (primary N) is 1. The molecule has 1 aromatic heterocycles. The lowest BCUT2D eigenvalue weighted by atomic mass is 10.0. The summed E-state index contributed by atoms with van der Waals surface area (Å²) < 4.78 is 7.29. The van der Waals surface area contributed by atoms with E-state index >= 15 is 0 Å². The summed E-state index contributed by atoms with van der Waals surface area (Å²) in [5, 5.41) is 0. The van der Waals surface area contributed by atoms with Crippen LogP contribution in [0.15, 0.2) is 42.9 Å². The van der Waals surface area contributed by atoms with Gasteiger partial charge in [0.1, 0.15) is 0 Å². The Labute approximate surface area is 114 Å². The van der Waals surface area contributed by atoms with Gasteiger partial charge in [-0.3, -0.25) is 0 Å². The van der Waals surface area contributed by atoms with Gasteiger partial charge in [-0.25, -0.2) is 4.98 Å².